The van der Waals surface area contributed by atoms with Gasteiger partial charge in [0.25, 0.3) is 0 Å². The highest BCUT2D eigenvalue weighted by Crippen LogP contribution is 2.17. The second kappa shape index (κ2) is 9.50. The molecule has 0 aromatic heterocycles. The molecule has 132 valence electrons. The van der Waals surface area contributed by atoms with Crippen LogP contribution in [0.5, 0.6) is 0 Å². The maximum absolute atomic E-state index is 12.1. The molecule has 0 unspecified atom stereocenters. The van der Waals surface area contributed by atoms with E-state index in [0.717, 1.165) is 6.42 Å². The second-order valence-electron chi connectivity index (χ2n) is 6.43. The highest BCUT2D eigenvalue weighted by atomic mass is 16.2. The molecular weight excluding hydrogens is 296 g/mol. The van der Waals surface area contributed by atoms with Crippen molar-refractivity contribution < 1.29 is 14.4 Å². The molecule has 1 fully saturated rings. The number of piperidine rings is 1. The first-order valence-corrected chi connectivity index (χ1v) is 8.45. The van der Waals surface area contributed by atoms with Crippen LogP contribution in [0, 0.1) is 11.8 Å². The number of rotatable bonds is 7. The van der Waals surface area contributed by atoms with Gasteiger partial charge in [-0.3, -0.25) is 14.4 Å². The Hall–Kier alpha value is -1.63. The van der Waals surface area contributed by atoms with E-state index in [1.165, 1.54) is 0 Å². The number of carbonyl (C=O) groups is 3. The number of nitrogens with zero attached hydrogens (tertiary/aromatic N) is 1. The van der Waals surface area contributed by atoms with E-state index in [1.54, 1.807) is 4.90 Å². The Balaban J connectivity index is 2.32. The minimum Gasteiger partial charge on any atom is -0.356 e. The topological polar surface area (TPSA) is 105 Å². The van der Waals surface area contributed by atoms with Crippen LogP contribution in [-0.4, -0.2) is 54.8 Å². The molecule has 1 aliphatic rings. The number of hydrogen-bond acceptors (Lipinski definition) is 4. The fourth-order valence-electron chi connectivity index (χ4n) is 2.48. The number of nitrogens with one attached hydrogen (secondary N) is 2. The van der Waals surface area contributed by atoms with Crippen LogP contribution in [0.3, 0.4) is 0 Å². The molecule has 7 heteroatoms. The number of nitrogens with two attached hydrogens (primary N) is 1. The standard InChI is InChI=1S/C16H30N4O3/c1-4-7-18-15(22)12-5-8-20(9-6-12)13(21)10-19-16(23)14(17)11(2)3/h11-12,14H,4-10,17H2,1-3H3,(H,18,22)(H,19,23)/t14-/m0/s1. The molecule has 0 bridgehead atoms. The van der Waals surface area contributed by atoms with Crippen molar-refractivity contribution in [1.82, 2.24) is 15.5 Å². The summed E-state index contributed by atoms with van der Waals surface area (Å²) in [6.45, 7) is 7.50. The van der Waals surface area contributed by atoms with Crippen LogP contribution in [0.25, 0.3) is 0 Å². The fraction of sp³-hybridized carbons (Fsp3) is 0.812. The van der Waals surface area contributed by atoms with Gasteiger partial charge in [0.1, 0.15) is 0 Å². The summed E-state index contributed by atoms with van der Waals surface area (Å²) in [4.78, 5) is 37.5. The third-order valence-electron chi connectivity index (χ3n) is 4.20. The summed E-state index contributed by atoms with van der Waals surface area (Å²) < 4.78 is 0. The van der Waals surface area contributed by atoms with Crippen molar-refractivity contribution in [3.63, 3.8) is 0 Å². The Morgan fingerprint density at radius 2 is 1.78 bits per heavy atom. The van der Waals surface area contributed by atoms with E-state index in [4.69, 9.17) is 5.73 Å². The number of amides is 3. The SMILES string of the molecule is CCCNC(=O)C1CCN(C(=O)CNC(=O)[C@@H](N)C(C)C)CC1. The first-order valence-electron chi connectivity index (χ1n) is 8.45. The summed E-state index contributed by atoms with van der Waals surface area (Å²) in [5, 5.41) is 5.48. The van der Waals surface area contributed by atoms with Crippen molar-refractivity contribution in [3.8, 4) is 0 Å². The lowest BCUT2D eigenvalue weighted by atomic mass is 9.96. The van der Waals surface area contributed by atoms with Gasteiger partial charge in [-0.05, 0) is 25.2 Å². The van der Waals surface area contributed by atoms with Crippen LogP contribution in [0.4, 0.5) is 0 Å². The molecule has 0 saturated carbocycles. The first kappa shape index (κ1) is 19.4. The summed E-state index contributed by atoms with van der Waals surface area (Å²) in [6.07, 6.45) is 2.25. The van der Waals surface area contributed by atoms with Crippen LogP contribution in [0.1, 0.15) is 40.0 Å². The first-order chi connectivity index (χ1) is 10.9. The molecular formula is C16H30N4O3. The molecule has 4 N–H and O–H groups in total. The van der Waals surface area contributed by atoms with Gasteiger partial charge in [-0.1, -0.05) is 20.8 Å². The smallest absolute Gasteiger partial charge is 0.241 e. The molecule has 1 aliphatic heterocycles. The highest BCUT2D eigenvalue weighted by Gasteiger charge is 2.27. The summed E-state index contributed by atoms with van der Waals surface area (Å²) in [5.74, 6) is -0.337. The third-order valence-corrected chi connectivity index (χ3v) is 4.20. The fourth-order valence-corrected chi connectivity index (χ4v) is 2.48. The van der Waals surface area contributed by atoms with Crippen LogP contribution in [0.15, 0.2) is 0 Å². The highest BCUT2D eigenvalue weighted by molar-refractivity contribution is 5.87. The number of carbonyl (C=O) groups excluding carboxylic acids is 3. The van der Waals surface area contributed by atoms with Crippen molar-refractivity contribution in [2.24, 2.45) is 17.6 Å². The molecule has 1 saturated heterocycles. The molecule has 23 heavy (non-hydrogen) atoms. The Morgan fingerprint density at radius 3 is 2.30 bits per heavy atom. The zero-order valence-electron chi connectivity index (χ0n) is 14.4. The third kappa shape index (κ3) is 6.17. The van der Waals surface area contributed by atoms with Gasteiger partial charge in [0.05, 0.1) is 12.6 Å². The van der Waals surface area contributed by atoms with Gasteiger partial charge in [-0.25, -0.2) is 0 Å². The van der Waals surface area contributed by atoms with Crippen molar-refractivity contribution in [2.45, 2.75) is 46.1 Å². The van der Waals surface area contributed by atoms with Gasteiger partial charge in [0.2, 0.25) is 17.7 Å². The normalized spacial score (nSPS) is 17.0. The molecule has 7 nitrogen and oxygen atoms in total. The van der Waals surface area contributed by atoms with Gasteiger partial charge in [0, 0.05) is 25.6 Å². The molecule has 0 radical (unpaired) electrons. The minimum atomic E-state index is -0.601. The lowest BCUT2D eigenvalue weighted by Gasteiger charge is -2.31. The molecule has 0 aromatic rings. The van der Waals surface area contributed by atoms with E-state index in [2.05, 4.69) is 10.6 Å². The number of likely N-dealkylation sites (tertiary alicyclic amines) is 1. The largest absolute Gasteiger partial charge is 0.356 e. The Kier molecular flexibility index (Phi) is 8.02. The molecule has 1 atom stereocenters. The van der Waals surface area contributed by atoms with E-state index >= 15 is 0 Å². The van der Waals surface area contributed by atoms with Crippen molar-refractivity contribution in [3.05, 3.63) is 0 Å². The molecule has 1 rings (SSSR count). The second-order valence-corrected chi connectivity index (χ2v) is 6.43. The minimum absolute atomic E-state index is 0.0189. The maximum Gasteiger partial charge on any atom is 0.241 e. The lowest BCUT2D eigenvalue weighted by molar-refractivity contribution is -0.136. The lowest BCUT2D eigenvalue weighted by Crippen LogP contribution is -2.49. The van der Waals surface area contributed by atoms with Gasteiger partial charge >= 0.3 is 0 Å². The van der Waals surface area contributed by atoms with E-state index in [0.29, 0.717) is 32.5 Å². The van der Waals surface area contributed by atoms with Crippen LogP contribution in [0.2, 0.25) is 0 Å². The van der Waals surface area contributed by atoms with Crippen LogP contribution >= 0.6 is 0 Å². The monoisotopic (exact) mass is 326 g/mol. The summed E-state index contributed by atoms with van der Waals surface area (Å²) in [7, 11) is 0. The molecule has 0 spiro atoms. The molecule has 3 amide bonds. The summed E-state index contributed by atoms with van der Waals surface area (Å²) in [5.41, 5.74) is 5.73. The zero-order chi connectivity index (χ0) is 17.4. The zero-order valence-corrected chi connectivity index (χ0v) is 14.4. The van der Waals surface area contributed by atoms with Gasteiger partial charge in [-0.15, -0.1) is 0 Å². The number of hydrogen-bond donors (Lipinski definition) is 3. The Bertz CT molecular complexity index is 418. The van der Waals surface area contributed by atoms with Crippen molar-refractivity contribution in [1.29, 1.82) is 0 Å². The molecule has 0 aliphatic carbocycles. The van der Waals surface area contributed by atoms with E-state index < -0.39 is 6.04 Å². The molecule has 0 aromatic carbocycles. The van der Waals surface area contributed by atoms with Crippen LogP contribution in [-0.2, 0) is 14.4 Å². The Labute approximate surface area is 138 Å². The predicted molar refractivity (Wildman–Crippen MR) is 88.4 cm³/mol. The van der Waals surface area contributed by atoms with E-state index in [1.807, 2.05) is 20.8 Å². The summed E-state index contributed by atoms with van der Waals surface area (Å²) in [6, 6.07) is -0.601. The average molecular weight is 326 g/mol. The molecule has 1 heterocycles. The average Bonchev–Trinajstić information content (AvgIpc) is 2.56. The summed E-state index contributed by atoms with van der Waals surface area (Å²) >= 11 is 0. The van der Waals surface area contributed by atoms with Gasteiger partial charge in [0.15, 0.2) is 0 Å². The maximum atomic E-state index is 12.1. The van der Waals surface area contributed by atoms with E-state index in [-0.39, 0.29) is 36.1 Å². The van der Waals surface area contributed by atoms with Crippen molar-refractivity contribution >= 4 is 17.7 Å². The quantitative estimate of drug-likeness (QED) is 0.605. The Morgan fingerprint density at radius 1 is 1.17 bits per heavy atom. The van der Waals surface area contributed by atoms with Crippen LogP contribution < -0.4 is 16.4 Å². The predicted octanol–water partition coefficient (Wildman–Crippen LogP) is -0.149. The van der Waals surface area contributed by atoms with Crippen molar-refractivity contribution in [2.75, 3.05) is 26.2 Å². The van der Waals surface area contributed by atoms with Gasteiger partial charge < -0.3 is 21.3 Å². The van der Waals surface area contributed by atoms with Gasteiger partial charge in [-0.2, -0.15) is 0 Å². The van der Waals surface area contributed by atoms with E-state index in [9.17, 15) is 14.4 Å².